The van der Waals surface area contributed by atoms with E-state index in [1.807, 2.05) is 37.4 Å². The summed E-state index contributed by atoms with van der Waals surface area (Å²) in [6.45, 7) is 1.97. The lowest BCUT2D eigenvalue weighted by Gasteiger charge is -2.27. The maximum atomic E-state index is 13.0. The van der Waals surface area contributed by atoms with Crippen LogP contribution in [0.1, 0.15) is 58.4 Å². The molecule has 5 amide bonds. The van der Waals surface area contributed by atoms with E-state index in [9.17, 15) is 24.0 Å². The van der Waals surface area contributed by atoms with Gasteiger partial charge >= 0.3 is 0 Å². The Hall–Kier alpha value is -4.27. The predicted octanol–water partition coefficient (Wildman–Crippen LogP) is 2.70. The lowest BCUT2D eigenvalue weighted by molar-refractivity contribution is -0.136. The molecule has 1 aromatic heterocycles. The summed E-state index contributed by atoms with van der Waals surface area (Å²) < 4.78 is 0. The van der Waals surface area contributed by atoms with Crippen molar-refractivity contribution in [3.8, 4) is 0 Å². The van der Waals surface area contributed by atoms with Crippen molar-refractivity contribution in [1.29, 1.82) is 0 Å². The molecule has 2 unspecified atom stereocenters. The lowest BCUT2D eigenvalue weighted by Crippen LogP contribution is -2.54. The van der Waals surface area contributed by atoms with Gasteiger partial charge in [-0.05, 0) is 42.2 Å². The molecule has 0 spiro atoms. The van der Waals surface area contributed by atoms with Gasteiger partial charge in [0.15, 0.2) is 0 Å². The van der Waals surface area contributed by atoms with Crippen molar-refractivity contribution < 1.29 is 24.0 Å². The first kappa shape index (κ1) is 21.6. The molecule has 0 radical (unpaired) electrons. The fourth-order valence-corrected chi connectivity index (χ4v) is 4.65. The van der Waals surface area contributed by atoms with Crippen LogP contribution >= 0.6 is 0 Å². The first-order chi connectivity index (χ1) is 16.3. The number of hydrogen-bond donors (Lipinski definition) is 3. The molecule has 34 heavy (non-hydrogen) atoms. The summed E-state index contributed by atoms with van der Waals surface area (Å²) in [5, 5.41) is 6.04. The van der Waals surface area contributed by atoms with E-state index in [2.05, 4.69) is 15.6 Å². The molecular formula is C25H22N4O5. The lowest BCUT2D eigenvalue weighted by atomic mass is 9.97. The van der Waals surface area contributed by atoms with Gasteiger partial charge in [0.1, 0.15) is 6.04 Å². The van der Waals surface area contributed by atoms with Crippen LogP contribution in [0.5, 0.6) is 0 Å². The van der Waals surface area contributed by atoms with Crippen molar-refractivity contribution in [1.82, 2.24) is 15.2 Å². The molecule has 3 N–H and O–H groups in total. The van der Waals surface area contributed by atoms with E-state index in [1.54, 1.807) is 6.07 Å². The first-order valence-electron chi connectivity index (χ1n) is 11.0. The van der Waals surface area contributed by atoms with E-state index < -0.39 is 29.7 Å². The Morgan fingerprint density at radius 1 is 1.09 bits per heavy atom. The van der Waals surface area contributed by atoms with Gasteiger partial charge in [-0.2, -0.15) is 0 Å². The van der Waals surface area contributed by atoms with Crippen molar-refractivity contribution in [2.24, 2.45) is 0 Å². The topological polar surface area (TPSA) is 128 Å². The van der Waals surface area contributed by atoms with Gasteiger partial charge in [-0.25, -0.2) is 0 Å². The van der Waals surface area contributed by atoms with Crippen molar-refractivity contribution in [2.45, 2.75) is 38.1 Å². The Kier molecular flexibility index (Phi) is 5.24. The van der Waals surface area contributed by atoms with Crippen molar-refractivity contribution in [2.75, 3.05) is 5.32 Å². The molecule has 172 valence electrons. The summed E-state index contributed by atoms with van der Waals surface area (Å²) in [6.07, 6.45) is 2.28. The monoisotopic (exact) mass is 458 g/mol. The number of carbonyl (C=O) groups excluding carboxylic acids is 5. The standard InChI is InChI=1S/C25H22N4O5/c1-13(18-12-26-19-5-3-2-4-15(18)19)10-22(31)27-14-6-7-16-17(11-14)25(34)29(24(16)33)20-8-9-21(30)28-23(20)32/h2-7,11-13,20,26H,8-10H2,1H3,(H,27,31)(H,28,30,32). The number of piperidine rings is 1. The molecular weight excluding hydrogens is 436 g/mol. The van der Waals surface area contributed by atoms with Gasteiger partial charge in [0, 0.05) is 35.6 Å². The normalized spacial score (nSPS) is 18.7. The number of rotatable bonds is 5. The van der Waals surface area contributed by atoms with Crippen LogP contribution in [-0.4, -0.2) is 45.5 Å². The highest BCUT2D eigenvalue weighted by Gasteiger charge is 2.44. The second-order valence-electron chi connectivity index (χ2n) is 8.65. The number of carbonyl (C=O) groups is 5. The van der Waals surface area contributed by atoms with Gasteiger partial charge in [0.25, 0.3) is 11.8 Å². The minimum atomic E-state index is -1.03. The second kappa shape index (κ2) is 8.26. The SMILES string of the molecule is CC(CC(=O)Nc1ccc2c(c1)C(=O)N(C1CCC(=O)NC1=O)C2=O)c1c[nH]c2ccccc12. The molecule has 0 saturated carbocycles. The zero-order valence-electron chi connectivity index (χ0n) is 18.4. The van der Waals surface area contributed by atoms with E-state index in [0.717, 1.165) is 21.4 Å². The number of nitrogens with one attached hydrogen (secondary N) is 3. The number of fused-ring (bicyclic) bond motifs is 2. The molecule has 0 bridgehead atoms. The summed E-state index contributed by atoms with van der Waals surface area (Å²) in [7, 11) is 0. The Labute approximate surface area is 194 Å². The Bertz CT molecular complexity index is 1370. The highest BCUT2D eigenvalue weighted by molar-refractivity contribution is 6.24. The highest BCUT2D eigenvalue weighted by atomic mass is 16.2. The van der Waals surface area contributed by atoms with Crippen LogP contribution in [0, 0.1) is 0 Å². The van der Waals surface area contributed by atoms with Crippen LogP contribution in [0.15, 0.2) is 48.7 Å². The average Bonchev–Trinajstić information content (AvgIpc) is 3.34. The van der Waals surface area contributed by atoms with Crippen LogP contribution in [0.3, 0.4) is 0 Å². The molecule has 9 heteroatoms. The molecule has 3 aromatic rings. The molecule has 5 rings (SSSR count). The Morgan fingerprint density at radius 2 is 1.85 bits per heavy atom. The van der Waals surface area contributed by atoms with Gasteiger partial charge < -0.3 is 10.3 Å². The molecule has 2 aromatic carbocycles. The quantitative estimate of drug-likeness (QED) is 0.507. The van der Waals surface area contributed by atoms with Gasteiger partial charge in [0.05, 0.1) is 11.1 Å². The van der Waals surface area contributed by atoms with Gasteiger partial charge in [0.2, 0.25) is 17.7 Å². The Balaban J connectivity index is 1.30. The van der Waals surface area contributed by atoms with Crippen LogP contribution in [0.2, 0.25) is 0 Å². The zero-order valence-corrected chi connectivity index (χ0v) is 18.4. The number of anilines is 1. The fourth-order valence-electron chi connectivity index (χ4n) is 4.65. The van der Waals surface area contributed by atoms with Crippen LogP contribution in [0.25, 0.3) is 10.9 Å². The van der Waals surface area contributed by atoms with Crippen molar-refractivity contribution in [3.63, 3.8) is 0 Å². The van der Waals surface area contributed by atoms with Gasteiger partial charge in [-0.3, -0.25) is 34.2 Å². The molecule has 0 aliphatic carbocycles. The number of amides is 5. The number of benzene rings is 2. The number of hydrogen-bond acceptors (Lipinski definition) is 5. The van der Waals surface area contributed by atoms with E-state index in [-0.39, 0.29) is 42.2 Å². The maximum absolute atomic E-state index is 13.0. The molecule has 2 aliphatic heterocycles. The van der Waals surface area contributed by atoms with E-state index in [4.69, 9.17) is 0 Å². The van der Waals surface area contributed by atoms with Crippen molar-refractivity contribution >= 4 is 46.1 Å². The number of imide groups is 2. The number of H-pyrrole nitrogens is 1. The average molecular weight is 458 g/mol. The maximum Gasteiger partial charge on any atom is 0.262 e. The minimum absolute atomic E-state index is 0.0446. The fraction of sp³-hybridized carbons (Fsp3) is 0.240. The second-order valence-corrected chi connectivity index (χ2v) is 8.65. The number of aromatic amines is 1. The highest BCUT2D eigenvalue weighted by Crippen LogP contribution is 2.31. The third kappa shape index (κ3) is 3.64. The predicted molar refractivity (Wildman–Crippen MR) is 123 cm³/mol. The Morgan fingerprint density at radius 3 is 2.65 bits per heavy atom. The molecule has 3 heterocycles. The molecule has 2 atom stereocenters. The van der Waals surface area contributed by atoms with Crippen LogP contribution in [0.4, 0.5) is 5.69 Å². The van der Waals surface area contributed by atoms with E-state index in [0.29, 0.717) is 5.69 Å². The summed E-state index contributed by atoms with van der Waals surface area (Å²) in [5.41, 5.74) is 2.73. The third-order valence-electron chi connectivity index (χ3n) is 6.37. The molecule has 9 nitrogen and oxygen atoms in total. The number of para-hydroxylation sites is 1. The summed E-state index contributed by atoms with van der Waals surface area (Å²) in [5.74, 6) is -2.55. The first-order valence-corrected chi connectivity index (χ1v) is 11.0. The van der Waals surface area contributed by atoms with Crippen LogP contribution in [-0.2, 0) is 14.4 Å². The van der Waals surface area contributed by atoms with Gasteiger partial charge in [-0.1, -0.05) is 25.1 Å². The van der Waals surface area contributed by atoms with E-state index in [1.165, 1.54) is 12.1 Å². The number of nitrogens with zero attached hydrogens (tertiary/aromatic N) is 1. The van der Waals surface area contributed by atoms with Gasteiger partial charge in [-0.15, -0.1) is 0 Å². The minimum Gasteiger partial charge on any atom is -0.361 e. The smallest absolute Gasteiger partial charge is 0.262 e. The van der Waals surface area contributed by atoms with E-state index >= 15 is 0 Å². The van der Waals surface area contributed by atoms with Crippen LogP contribution < -0.4 is 10.6 Å². The largest absolute Gasteiger partial charge is 0.361 e. The molecule has 2 aliphatic rings. The third-order valence-corrected chi connectivity index (χ3v) is 6.37. The zero-order chi connectivity index (χ0) is 24.0. The molecule has 1 fully saturated rings. The summed E-state index contributed by atoms with van der Waals surface area (Å²) >= 11 is 0. The number of aromatic nitrogens is 1. The molecule has 1 saturated heterocycles. The summed E-state index contributed by atoms with van der Waals surface area (Å²) in [4.78, 5) is 66.2. The summed E-state index contributed by atoms with van der Waals surface area (Å²) in [6, 6.07) is 11.3. The van der Waals surface area contributed by atoms with Crippen molar-refractivity contribution in [3.05, 3.63) is 65.4 Å².